The van der Waals surface area contributed by atoms with E-state index in [4.69, 9.17) is 5.73 Å². The lowest BCUT2D eigenvalue weighted by Gasteiger charge is -2.28. The van der Waals surface area contributed by atoms with Crippen LogP contribution in [0.5, 0.6) is 0 Å². The summed E-state index contributed by atoms with van der Waals surface area (Å²) in [4.78, 5) is 0. The molecule has 2 unspecified atom stereocenters. The van der Waals surface area contributed by atoms with Crippen molar-refractivity contribution in [2.45, 2.75) is 37.6 Å². The fraction of sp³-hybridized carbons (Fsp3) is 0.533. The van der Waals surface area contributed by atoms with Crippen LogP contribution in [0.1, 0.15) is 29.5 Å². The number of benzene rings is 1. The van der Waals surface area contributed by atoms with Crippen molar-refractivity contribution in [2.24, 2.45) is 17.6 Å². The van der Waals surface area contributed by atoms with Gasteiger partial charge in [0.25, 0.3) is 0 Å². The Morgan fingerprint density at radius 1 is 1.36 bits per heavy atom. The monoisotopic (exact) mass is 311 g/mol. The van der Waals surface area contributed by atoms with Crippen LogP contribution in [-0.4, -0.2) is 21.3 Å². The van der Waals surface area contributed by atoms with Crippen LogP contribution in [-0.2, 0) is 11.8 Å². The molecular weight excluding hydrogens is 295 g/mol. The lowest BCUT2D eigenvalue weighted by molar-refractivity contribution is -0.138. The van der Waals surface area contributed by atoms with E-state index in [-0.39, 0.29) is 23.4 Å². The molecule has 1 heterocycles. The highest BCUT2D eigenvalue weighted by Crippen LogP contribution is 2.59. The van der Waals surface area contributed by atoms with E-state index in [9.17, 15) is 18.3 Å². The number of alkyl halides is 3. The molecule has 0 radical (unpaired) electrons. The smallest absolute Gasteiger partial charge is 0.385 e. The van der Waals surface area contributed by atoms with Gasteiger partial charge >= 0.3 is 6.18 Å². The largest absolute Gasteiger partial charge is 0.416 e. The Bertz CT molecular complexity index is 755. The molecule has 4 nitrogen and oxygen atoms in total. The number of fused-ring (bicyclic) bond motifs is 2. The van der Waals surface area contributed by atoms with Crippen molar-refractivity contribution in [3.63, 3.8) is 0 Å². The topological polar surface area (TPSA) is 74.9 Å². The molecule has 0 spiro atoms. The maximum atomic E-state index is 13.3. The van der Waals surface area contributed by atoms with E-state index < -0.39 is 17.3 Å². The summed E-state index contributed by atoms with van der Waals surface area (Å²) in [6, 6.07) is 1.16. The standard InChI is InChI=1S/C15H16F3N3O/c1-6-10(15(16,17)18)2-11(9-5-20-21-13(6)9)14(22)3-7-8(4-14)12(7)19/h2,5,7-8,12,22H,3-4,19H2,1H3,(H,20,21)/t7-,8+,12?,14?. The fourth-order valence-corrected chi connectivity index (χ4v) is 4.05. The maximum Gasteiger partial charge on any atom is 0.416 e. The van der Waals surface area contributed by atoms with E-state index >= 15 is 0 Å². The van der Waals surface area contributed by atoms with Gasteiger partial charge in [-0.05, 0) is 48.8 Å². The summed E-state index contributed by atoms with van der Waals surface area (Å²) in [5.41, 5.74) is 4.66. The Hall–Kier alpha value is -1.60. The molecule has 0 amide bonds. The number of hydrogen-bond donors (Lipinski definition) is 3. The average Bonchev–Trinajstić information content (AvgIpc) is 2.88. The summed E-state index contributed by atoms with van der Waals surface area (Å²) < 4.78 is 39.9. The minimum absolute atomic E-state index is 0.0765. The quantitative estimate of drug-likeness (QED) is 0.757. The van der Waals surface area contributed by atoms with Crippen molar-refractivity contribution in [2.75, 3.05) is 0 Å². The molecule has 4 atom stereocenters. The van der Waals surface area contributed by atoms with Crippen LogP contribution in [0.2, 0.25) is 0 Å². The number of H-pyrrole nitrogens is 1. The van der Waals surface area contributed by atoms with Gasteiger partial charge in [-0.2, -0.15) is 18.3 Å². The van der Waals surface area contributed by atoms with Gasteiger partial charge in [-0.15, -0.1) is 0 Å². The van der Waals surface area contributed by atoms with Crippen molar-refractivity contribution >= 4 is 10.9 Å². The van der Waals surface area contributed by atoms with Crippen LogP contribution in [0.4, 0.5) is 13.2 Å². The number of nitrogens with one attached hydrogen (secondary N) is 1. The molecule has 0 bridgehead atoms. The number of aryl methyl sites for hydroxylation is 1. The molecule has 4 N–H and O–H groups in total. The van der Waals surface area contributed by atoms with Crippen LogP contribution >= 0.6 is 0 Å². The summed E-state index contributed by atoms with van der Waals surface area (Å²) in [6.07, 6.45) is -2.15. The fourth-order valence-electron chi connectivity index (χ4n) is 4.05. The molecule has 2 aliphatic carbocycles. The van der Waals surface area contributed by atoms with E-state index in [1.807, 2.05) is 0 Å². The van der Waals surface area contributed by atoms with Gasteiger partial charge in [0.15, 0.2) is 0 Å². The predicted octanol–water partition coefficient (Wildman–Crippen LogP) is 2.44. The maximum absolute atomic E-state index is 13.3. The second-order valence-corrected chi connectivity index (χ2v) is 6.60. The van der Waals surface area contributed by atoms with Crippen LogP contribution < -0.4 is 5.73 Å². The second kappa shape index (κ2) is 4.02. The zero-order chi connectivity index (χ0) is 15.9. The number of halogens is 3. The van der Waals surface area contributed by atoms with Gasteiger partial charge in [0.1, 0.15) is 0 Å². The highest BCUT2D eigenvalue weighted by Gasteiger charge is 2.60. The molecule has 2 saturated carbocycles. The third-order valence-electron chi connectivity index (χ3n) is 5.35. The lowest BCUT2D eigenvalue weighted by atomic mass is 9.84. The van der Waals surface area contributed by atoms with Gasteiger partial charge in [0.2, 0.25) is 0 Å². The zero-order valence-electron chi connectivity index (χ0n) is 11.9. The number of hydrogen-bond acceptors (Lipinski definition) is 3. The van der Waals surface area contributed by atoms with E-state index in [2.05, 4.69) is 10.2 Å². The predicted molar refractivity (Wildman–Crippen MR) is 73.9 cm³/mol. The molecular formula is C15H16F3N3O. The van der Waals surface area contributed by atoms with E-state index in [1.54, 1.807) is 0 Å². The van der Waals surface area contributed by atoms with Gasteiger partial charge in [0, 0.05) is 11.4 Å². The average molecular weight is 311 g/mol. The highest BCUT2D eigenvalue weighted by molar-refractivity contribution is 5.87. The molecule has 0 aliphatic heterocycles. The summed E-state index contributed by atoms with van der Waals surface area (Å²) in [6.45, 7) is 1.42. The number of nitrogens with zero attached hydrogens (tertiary/aromatic N) is 1. The molecule has 7 heteroatoms. The van der Waals surface area contributed by atoms with Gasteiger partial charge in [-0.3, -0.25) is 5.10 Å². The Labute approximate surface area is 124 Å². The van der Waals surface area contributed by atoms with Gasteiger partial charge < -0.3 is 10.8 Å². The Kier molecular flexibility index (Phi) is 2.56. The highest BCUT2D eigenvalue weighted by atomic mass is 19.4. The van der Waals surface area contributed by atoms with Crippen LogP contribution in [0.25, 0.3) is 10.9 Å². The zero-order valence-corrected chi connectivity index (χ0v) is 11.9. The molecule has 22 heavy (non-hydrogen) atoms. The molecule has 1 aromatic heterocycles. The van der Waals surface area contributed by atoms with Crippen molar-refractivity contribution in [1.82, 2.24) is 10.2 Å². The third-order valence-corrected chi connectivity index (χ3v) is 5.35. The number of aliphatic hydroxyl groups is 1. The van der Waals surface area contributed by atoms with Crippen LogP contribution in [0, 0.1) is 18.8 Å². The third kappa shape index (κ3) is 1.75. The van der Waals surface area contributed by atoms with Crippen molar-refractivity contribution in [3.05, 3.63) is 29.0 Å². The Morgan fingerprint density at radius 2 is 2.00 bits per heavy atom. The lowest BCUT2D eigenvalue weighted by Crippen LogP contribution is -2.28. The minimum atomic E-state index is -4.47. The number of rotatable bonds is 1. The second-order valence-electron chi connectivity index (χ2n) is 6.60. The summed E-state index contributed by atoms with van der Waals surface area (Å²) >= 11 is 0. The van der Waals surface area contributed by atoms with Crippen molar-refractivity contribution < 1.29 is 18.3 Å². The van der Waals surface area contributed by atoms with Crippen LogP contribution in [0.15, 0.2) is 12.3 Å². The molecule has 2 aliphatic rings. The SMILES string of the molecule is Cc1c(C(F)(F)F)cc(C2(O)C[C@@H]3C(N)[C@@H]3C2)c2cn[nH]c12. The number of nitrogens with two attached hydrogens (primary N) is 1. The van der Waals surface area contributed by atoms with Crippen LogP contribution in [0.3, 0.4) is 0 Å². The summed E-state index contributed by atoms with van der Waals surface area (Å²) in [7, 11) is 0. The normalized spacial score (nSPS) is 34.2. The molecule has 118 valence electrons. The molecule has 2 aromatic rings. The van der Waals surface area contributed by atoms with E-state index in [0.29, 0.717) is 29.3 Å². The molecule has 0 saturated heterocycles. The first-order chi connectivity index (χ1) is 10.2. The van der Waals surface area contributed by atoms with E-state index in [0.717, 1.165) is 6.07 Å². The minimum Gasteiger partial charge on any atom is -0.385 e. The van der Waals surface area contributed by atoms with Crippen molar-refractivity contribution in [3.8, 4) is 0 Å². The molecule has 1 aromatic carbocycles. The Balaban J connectivity index is 1.91. The number of aromatic amines is 1. The molecule has 4 rings (SSSR count). The summed E-state index contributed by atoms with van der Waals surface area (Å²) in [5.74, 6) is 0.421. The van der Waals surface area contributed by atoms with Gasteiger partial charge in [-0.25, -0.2) is 0 Å². The van der Waals surface area contributed by atoms with Gasteiger partial charge in [0.05, 0.1) is 22.9 Å². The molecule has 2 fully saturated rings. The first-order valence-electron chi connectivity index (χ1n) is 7.25. The van der Waals surface area contributed by atoms with Crippen molar-refractivity contribution in [1.29, 1.82) is 0 Å². The first-order valence-corrected chi connectivity index (χ1v) is 7.25. The number of aromatic nitrogens is 2. The van der Waals surface area contributed by atoms with Gasteiger partial charge in [-0.1, -0.05) is 0 Å². The Morgan fingerprint density at radius 3 is 2.59 bits per heavy atom. The summed E-state index contributed by atoms with van der Waals surface area (Å²) in [5, 5.41) is 18.0. The van der Waals surface area contributed by atoms with E-state index in [1.165, 1.54) is 13.1 Å². The first kappa shape index (κ1) is 14.0.